The summed E-state index contributed by atoms with van der Waals surface area (Å²) in [5.41, 5.74) is 6.87. The summed E-state index contributed by atoms with van der Waals surface area (Å²) in [6, 6.07) is 8.17. The predicted octanol–water partition coefficient (Wildman–Crippen LogP) is 1.73. The quantitative estimate of drug-likeness (QED) is 0.801. The molecule has 0 spiro atoms. The van der Waals surface area contributed by atoms with E-state index in [1.165, 1.54) is 6.08 Å². The highest BCUT2D eigenvalue weighted by Gasteiger charge is 2.24. The second kappa shape index (κ2) is 7.54. The lowest BCUT2D eigenvalue weighted by Gasteiger charge is -2.29. The molecule has 0 unspecified atom stereocenters. The Morgan fingerprint density at radius 3 is 2.78 bits per heavy atom. The van der Waals surface area contributed by atoms with Gasteiger partial charge in [-0.2, -0.15) is 0 Å². The average molecular weight is 367 g/mol. The monoisotopic (exact) mass is 367 g/mol. The number of anilines is 3. The number of rotatable bonds is 4. The van der Waals surface area contributed by atoms with Gasteiger partial charge in [-0.25, -0.2) is 4.98 Å². The van der Waals surface area contributed by atoms with Crippen molar-refractivity contribution in [2.75, 3.05) is 54.5 Å². The number of carbonyl (C=O) groups excluding carboxylic acids is 1. The molecule has 1 aromatic heterocycles. The Morgan fingerprint density at radius 1 is 1.26 bits per heavy atom. The third kappa shape index (κ3) is 3.74. The van der Waals surface area contributed by atoms with Gasteiger partial charge in [0.15, 0.2) is 0 Å². The van der Waals surface area contributed by atoms with E-state index in [2.05, 4.69) is 27.8 Å². The van der Waals surface area contributed by atoms with E-state index in [1.807, 2.05) is 18.2 Å². The van der Waals surface area contributed by atoms with E-state index in [4.69, 9.17) is 15.5 Å². The second-order valence-electron chi connectivity index (χ2n) is 7.03. The number of amides is 1. The molecule has 4 rings (SSSR count). The van der Waals surface area contributed by atoms with E-state index in [1.54, 1.807) is 0 Å². The molecule has 0 saturated carbocycles. The molecule has 2 aromatic rings. The van der Waals surface area contributed by atoms with Gasteiger partial charge < -0.3 is 25.6 Å². The highest BCUT2D eigenvalue weighted by molar-refractivity contribution is 6.02. The predicted molar refractivity (Wildman–Crippen MR) is 108 cm³/mol. The van der Waals surface area contributed by atoms with Crippen molar-refractivity contribution < 1.29 is 9.53 Å². The maximum Gasteiger partial charge on any atom is 0.247 e. The molecule has 7 heteroatoms. The number of hydrogen-bond acceptors (Lipinski definition) is 6. The number of hydrogen-bond donors (Lipinski definition) is 2. The molecule has 7 nitrogen and oxygen atoms in total. The molecule has 3 heterocycles. The first-order valence-corrected chi connectivity index (χ1v) is 9.35. The van der Waals surface area contributed by atoms with Crippen LogP contribution in [0.4, 0.5) is 17.3 Å². The first-order valence-electron chi connectivity index (χ1n) is 9.35. The van der Waals surface area contributed by atoms with Gasteiger partial charge in [-0.1, -0.05) is 6.58 Å². The largest absolute Gasteiger partial charge is 0.378 e. The molecule has 0 bridgehead atoms. The fraction of sp³-hybridized carbons (Fsp3) is 0.400. The first kappa shape index (κ1) is 17.8. The van der Waals surface area contributed by atoms with Crippen molar-refractivity contribution in [3.05, 3.63) is 36.9 Å². The van der Waals surface area contributed by atoms with Crippen LogP contribution in [0.1, 0.15) is 6.42 Å². The number of aromatic nitrogens is 1. The minimum Gasteiger partial charge on any atom is -0.378 e. The number of pyridine rings is 1. The lowest BCUT2D eigenvalue weighted by molar-refractivity contribution is -0.111. The fourth-order valence-electron chi connectivity index (χ4n) is 3.67. The lowest BCUT2D eigenvalue weighted by Crippen LogP contribution is -2.37. The Labute approximate surface area is 158 Å². The van der Waals surface area contributed by atoms with E-state index in [0.717, 1.165) is 60.7 Å². The summed E-state index contributed by atoms with van der Waals surface area (Å²) in [5.74, 6) is 1.68. The van der Waals surface area contributed by atoms with Crippen LogP contribution >= 0.6 is 0 Å². The fourth-order valence-corrected chi connectivity index (χ4v) is 3.67. The summed E-state index contributed by atoms with van der Waals surface area (Å²) in [7, 11) is 0. The molecule has 1 aromatic carbocycles. The maximum absolute atomic E-state index is 11.7. The minimum atomic E-state index is -0.220. The smallest absolute Gasteiger partial charge is 0.247 e. The third-order valence-electron chi connectivity index (χ3n) is 5.11. The SMILES string of the molecule is C=CC(=O)Nc1ccc2c(N3CC[C@@H](N)C3)nc(N3CCOCC3)cc2c1. The van der Waals surface area contributed by atoms with Crippen LogP contribution in [0, 0.1) is 0 Å². The zero-order valence-electron chi connectivity index (χ0n) is 15.4. The van der Waals surface area contributed by atoms with Crippen molar-refractivity contribution >= 4 is 34.0 Å². The molecule has 2 aliphatic heterocycles. The normalized spacial score (nSPS) is 20.1. The van der Waals surface area contributed by atoms with E-state index in [0.29, 0.717) is 13.2 Å². The Kier molecular flexibility index (Phi) is 4.96. The van der Waals surface area contributed by atoms with Crippen LogP contribution in [-0.2, 0) is 9.53 Å². The van der Waals surface area contributed by atoms with Crippen LogP contribution in [0.3, 0.4) is 0 Å². The van der Waals surface area contributed by atoms with Gasteiger partial charge in [-0.05, 0) is 42.1 Å². The van der Waals surface area contributed by atoms with Crippen molar-refractivity contribution in [3.8, 4) is 0 Å². The molecule has 2 saturated heterocycles. The summed E-state index contributed by atoms with van der Waals surface area (Å²) in [5, 5.41) is 4.95. The van der Waals surface area contributed by atoms with Gasteiger partial charge in [0.25, 0.3) is 0 Å². The van der Waals surface area contributed by atoms with Gasteiger partial charge in [0, 0.05) is 43.3 Å². The van der Waals surface area contributed by atoms with Crippen molar-refractivity contribution in [3.63, 3.8) is 0 Å². The van der Waals surface area contributed by atoms with Gasteiger partial charge in [-0.15, -0.1) is 0 Å². The van der Waals surface area contributed by atoms with Crippen molar-refractivity contribution in [2.45, 2.75) is 12.5 Å². The number of ether oxygens (including phenoxy) is 1. The summed E-state index contributed by atoms with van der Waals surface area (Å²) in [6.07, 6.45) is 2.24. The molecular formula is C20H25N5O2. The molecule has 0 aliphatic carbocycles. The van der Waals surface area contributed by atoms with E-state index in [-0.39, 0.29) is 11.9 Å². The molecule has 2 aliphatic rings. The van der Waals surface area contributed by atoms with Gasteiger partial charge in [0.05, 0.1) is 13.2 Å². The van der Waals surface area contributed by atoms with Gasteiger partial charge >= 0.3 is 0 Å². The van der Waals surface area contributed by atoms with E-state index >= 15 is 0 Å². The molecular weight excluding hydrogens is 342 g/mol. The summed E-state index contributed by atoms with van der Waals surface area (Å²) in [4.78, 5) is 21.2. The van der Waals surface area contributed by atoms with Crippen molar-refractivity contribution in [2.24, 2.45) is 5.73 Å². The topological polar surface area (TPSA) is 83.7 Å². The highest BCUT2D eigenvalue weighted by Crippen LogP contribution is 2.33. The Balaban J connectivity index is 1.77. The third-order valence-corrected chi connectivity index (χ3v) is 5.11. The van der Waals surface area contributed by atoms with Crippen molar-refractivity contribution in [1.82, 2.24) is 4.98 Å². The molecule has 27 heavy (non-hydrogen) atoms. The Morgan fingerprint density at radius 2 is 2.07 bits per heavy atom. The summed E-state index contributed by atoms with van der Waals surface area (Å²) in [6.45, 7) is 8.29. The van der Waals surface area contributed by atoms with Gasteiger partial charge in [-0.3, -0.25) is 4.79 Å². The number of carbonyl (C=O) groups is 1. The zero-order valence-corrected chi connectivity index (χ0v) is 15.4. The number of nitrogens with one attached hydrogen (secondary N) is 1. The lowest BCUT2D eigenvalue weighted by atomic mass is 10.1. The number of morpholine rings is 1. The van der Waals surface area contributed by atoms with Gasteiger partial charge in [0.1, 0.15) is 11.6 Å². The maximum atomic E-state index is 11.7. The molecule has 3 N–H and O–H groups in total. The standard InChI is InChI=1S/C20H25N5O2/c1-2-19(26)22-16-3-4-17-14(11-16)12-18(24-7-9-27-10-8-24)23-20(17)25-6-5-15(21)13-25/h2-4,11-12,15H,1,5-10,13,21H2,(H,22,26)/t15-/m1/s1. The van der Waals surface area contributed by atoms with Crippen LogP contribution in [0.2, 0.25) is 0 Å². The van der Waals surface area contributed by atoms with E-state index < -0.39 is 0 Å². The Hall–Kier alpha value is -2.64. The summed E-state index contributed by atoms with van der Waals surface area (Å²) >= 11 is 0. The molecule has 142 valence electrons. The van der Waals surface area contributed by atoms with Crippen LogP contribution in [0.15, 0.2) is 36.9 Å². The van der Waals surface area contributed by atoms with Crippen LogP contribution in [-0.4, -0.2) is 56.3 Å². The molecule has 0 radical (unpaired) electrons. The first-order chi connectivity index (χ1) is 13.1. The van der Waals surface area contributed by atoms with Crippen molar-refractivity contribution in [1.29, 1.82) is 0 Å². The molecule has 1 atom stereocenters. The van der Waals surface area contributed by atoms with Crippen LogP contribution < -0.4 is 20.9 Å². The van der Waals surface area contributed by atoms with E-state index in [9.17, 15) is 4.79 Å². The zero-order chi connectivity index (χ0) is 18.8. The van der Waals surface area contributed by atoms with Gasteiger partial charge in [0.2, 0.25) is 5.91 Å². The highest BCUT2D eigenvalue weighted by atomic mass is 16.5. The van der Waals surface area contributed by atoms with Crippen LogP contribution in [0.5, 0.6) is 0 Å². The number of nitrogens with two attached hydrogens (primary N) is 1. The minimum absolute atomic E-state index is 0.181. The molecule has 2 fully saturated rings. The Bertz CT molecular complexity index is 863. The number of nitrogens with zero attached hydrogens (tertiary/aromatic N) is 3. The van der Waals surface area contributed by atoms with Crippen LogP contribution in [0.25, 0.3) is 10.8 Å². The summed E-state index contributed by atoms with van der Waals surface area (Å²) < 4.78 is 5.47. The molecule has 1 amide bonds. The average Bonchev–Trinajstić information content (AvgIpc) is 3.13. The second-order valence-corrected chi connectivity index (χ2v) is 7.03. The number of benzene rings is 1. The number of fused-ring (bicyclic) bond motifs is 1.